The molecule has 0 saturated heterocycles. The number of carbonyl (C=O) groups is 1. The second kappa shape index (κ2) is 4.19. The maximum Gasteiger partial charge on any atom is 0.150 e. The third-order valence-corrected chi connectivity index (χ3v) is 2.50. The molecule has 0 radical (unpaired) electrons. The Balaban J connectivity index is 2.62. The first-order valence-electron chi connectivity index (χ1n) is 5.12. The zero-order valence-corrected chi connectivity index (χ0v) is 9.10. The van der Waals surface area contributed by atoms with Gasteiger partial charge in [0.05, 0.1) is 0 Å². The van der Waals surface area contributed by atoms with Crippen molar-refractivity contribution in [2.75, 3.05) is 5.73 Å². The van der Waals surface area contributed by atoms with E-state index in [0.29, 0.717) is 5.56 Å². The number of carbonyl (C=O) groups excluding carboxylic acids is 1. The van der Waals surface area contributed by atoms with E-state index in [1.165, 1.54) is 0 Å². The van der Waals surface area contributed by atoms with Crippen LogP contribution in [0.5, 0.6) is 0 Å². The summed E-state index contributed by atoms with van der Waals surface area (Å²) in [6.07, 6.45) is 0.869. The lowest BCUT2D eigenvalue weighted by Crippen LogP contribution is -1.91. The lowest BCUT2D eigenvalue weighted by molar-refractivity contribution is 0.112. The molecule has 2 aromatic carbocycles. The number of nitrogens with two attached hydrogens (primary N) is 1. The summed E-state index contributed by atoms with van der Waals surface area (Å²) in [5.41, 5.74) is 10.2. The first-order valence-corrected chi connectivity index (χ1v) is 5.12. The molecule has 0 atom stereocenters. The standard InChI is InChI=1S/C14H13NO/c1-10-6-12(8-13(15)7-10)14-5-3-2-4-11(14)9-16/h2-9H,15H2,1H3. The molecule has 2 nitrogen and oxygen atoms in total. The van der Waals surface area contributed by atoms with Crippen molar-refractivity contribution in [1.29, 1.82) is 0 Å². The Morgan fingerprint density at radius 3 is 2.56 bits per heavy atom. The molecular formula is C14H13NO. The van der Waals surface area contributed by atoms with Gasteiger partial charge in [-0.1, -0.05) is 30.3 Å². The van der Waals surface area contributed by atoms with Gasteiger partial charge in [-0.3, -0.25) is 4.79 Å². The van der Waals surface area contributed by atoms with Crippen molar-refractivity contribution in [3.05, 3.63) is 53.6 Å². The van der Waals surface area contributed by atoms with Crippen molar-refractivity contribution in [2.24, 2.45) is 0 Å². The Morgan fingerprint density at radius 1 is 1.12 bits per heavy atom. The van der Waals surface area contributed by atoms with Crippen molar-refractivity contribution in [3.8, 4) is 11.1 Å². The van der Waals surface area contributed by atoms with E-state index in [1.807, 2.05) is 43.3 Å². The van der Waals surface area contributed by atoms with Gasteiger partial charge in [-0.05, 0) is 35.7 Å². The predicted molar refractivity (Wildman–Crippen MR) is 66.4 cm³/mol. The summed E-state index contributed by atoms with van der Waals surface area (Å²) in [5, 5.41) is 0. The summed E-state index contributed by atoms with van der Waals surface area (Å²) in [7, 11) is 0. The van der Waals surface area contributed by atoms with Gasteiger partial charge in [-0.2, -0.15) is 0 Å². The van der Waals surface area contributed by atoms with Crippen LogP contribution >= 0.6 is 0 Å². The minimum absolute atomic E-state index is 0.688. The zero-order chi connectivity index (χ0) is 11.5. The largest absolute Gasteiger partial charge is 0.399 e. The molecule has 0 unspecified atom stereocenters. The summed E-state index contributed by atoms with van der Waals surface area (Å²) in [5.74, 6) is 0. The van der Waals surface area contributed by atoms with Gasteiger partial charge in [-0.15, -0.1) is 0 Å². The molecule has 0 aliphatic heterocycles. The van der Waals surface area contributed by atoms with Crippen LogP contribution in [0.4, 0.5) is 5.69 Å². The van der Waals surface area contributed by atoms with E-state index in [0.717, 1.165) is 28.7 Å². The lowest BCUT2D eigenvalue weighted by atomic mass is 9.98. The van der Waals surface area contributed by atoms with Gasteiger partial charge in [0, 0.05) is 11.3 Å². The van der Waals surface area contributed by atoms with E-state index in [9.17, 15) is 4.79 Å². The van der Waals surface area contributed by atoms with Gasteiger partial charge in [0.2, 0.25) is 0 Å². The monoisotopic (exact) mass is 211 g/mol. The van der Waals surface area contributed by atoms with Crippen LogP contribution in [0.15, 0.2) is 42.5 Å². The lowest BCUT2D eigenvalue weighted by Gasteiger charge is -2.07. The number of benzene rings is 2. The van der Waals surface area contributed by atoms with E-state index in [4.69, 9.17) is 5.73 Å². The molecule has 2 aromatic rings. The maximum atomic E-state index is 10.9. The topological polar surface area (TPSA) is 43.1 Å². The summed E-state index contributed by atoms with van der Waals surface area (Å²) in [6, 6.07) is 13.3. The first-order chi connectivity index (χ1) is 7.70. The van der Waals surface area contributed by atoms with Crippen LogP contribution in [0.1, 0.15) is 15.9 Å². The Morgan fingerprint density at radius 2 is 1.88 bits per heavy atom. The van der Waals surface area contributed by atoms with Crippen molar-refractivity contribution in [1.82, 2.24) is 0 Å². The third kappa shape index (κ3) is 1.96. The molecule has 0 aromatic heterocycles. The van der Waals surface area contributed by atoms with Crippen molar-refractivity contribution < 1.29 is 4.79 Å². The highest BCUT2D eigenvalue weighted by atomic mass is 16.1. The van der Waals surface area contributed by atoms with Crippen LogP contribution in [0.2, 0.25) is 0 Å². The molecule has 2 N–H and O–H groups in total. The van der Waals surface area contributed by atoms with Crippen LogP contribution in [-0.4, -0.2) is 6.29 Å². The zero-order valence-electron chi connectivity index (χ0n) is 9.10. The molecule has 0 fully saturated rings. The maximum absolute atomic E-state index is 10.9. The number of aryl methyl sites for hydroxylation is 1. The third-order valence-electron chi connectivity index (χ3n) is 2.50. The second-order valence-corrected chi connectivity index (χ2v) is 3.84. The summed E-state index contributed by atoms with van der Waals surface area (Å²) < 4.78 is 0. The smallest absolute Gasteiger partial charge is 0.150 e. The molecule has 0 bridgehead atoms. The number of anilines is 1. The van der Waals surface area contributed by atoms with Crippen LogP contribution in [0.3, 0.4) is 0 Å². The summed E-state index contributed by atoms with van der Waals surface area (Å²) in [4.78, 5) is 10.9. The molecule has 2 heteroatoms. The number of nitrogen functional groups attached to an aromatic ring is 1. The van der Waals surface area contributed by atoms with Crippen LogP contribution in [-0.2, 0) is 0 Å². The molecule has 16 heavy (non-hydrogen) atoms. The Hall–Kier alpha value is -2.09. The number of hydrogen-bond donors (Lipinski definition) is 1. The highest BCUT2D eigenvalue weighted by molar-refractivity contribution is 5.88. The van der Waals surface area contributed by atoms with Gasteiger partial charge in [0.15, 0.2) is 6.29 Å². The highest BCUT2D eigenvalue weighted by Crippen LogP contribution is 2.25. The van der Waals surface area contributed by atoms with E-state index < -0.39 is 0 Å². The molecule has 0 aliphatic carbocycles. The Bertz CT molecular complexity index is 512. The van der Waals surface area contributed by atoms with E-state index in [-0.39, 0.29) is 0 Å². The normalized spacial score (nSPS) is 10.1. The van der Waals surface area contributed by atoms with Gasteiger partial charge in [0.1, 0.15) is 0 Å². The van der Waals surface area contributed by atoms with Crippen LogP contribution in [0.25, 0.3) is 11.1 Å². The van der Waals surface area contributed by atoms with Crippen LogP contribution < -0.4 is 5.73 Å². The van der Waals surface area contributed by atoms with Crippen molar-refractivity contribution >= 4 is 12.0 Å². The van der Waals surface area contributed by atoms with E-state index in [1.54, 1.807) is 6.07 Å². The van der Waals surface area contributed by atoms with E-state index in [2.05, 4.69) is 0 Å². The molecule has 0 spiro atoms. The highest BCUT2D eigenvalue weighted by Gasteiger charge is 2.04. The average Bonchev–Trinajstić information content (AvgIpc) is 2.27. The molecule has 80 valence electrons. The molecule has 0 aliphatic rings. The molecule has 0 amide bonds. The molecular weight excluding hydrogens is 198 g/mol. The first kappa shape index (κ1) is 10.4. The van der Waals surface area contributed by atoms with Crippen molar-refractivity contribution in [2.45, 2.75) is 6.92 Å². The SMILES string of the molecule is Cc1cc(N)cc(-c2ccccc2C=O)c1. The van der Waals surface area contributed by atoms with Gasteiger partial charge < -0.3 is 5.73 Å². The fourth-order valence-corrected chi connectivity index (χ4v) is 1.83. The van der Waals surface area contributed by atoms with Crippen molar-refractivity contribution in [3.63, 3.8) is 0 Å². The Kier molecular flexibility index (Phi) is 2.73. The summed E-state index contributed by atoms with van der Waals surface area (Å²) in [6.45, 7) is 1.99. The van der Waals surface area contributed by atoms with Gasteiger partial charge >= 0.3 is 0 Å². The number of rotatable bonds is 2. The minimum Gasteiger partial charge on any atom is -0.399 e. The fraction of sp³-hybridized carbons (Fsp3) is 0.0714. The number of hydrogen-bond acceptors (Lipinski definition) is 2. The molecule has 0 heterocycles. The second-order valence-electron chi connectivity index (χ2n) is 3.84. The molecule has 2 rings (SSSR count). The minimum atomic E-state index is 0.688. The predicted octanol–water partition coefficient (Wildman–Crippen LogP) is 3.06. The van der Waals surface area contributed by atoms with Gasteiger partial charge in [-0.25, -0.2) is 0 Å². The quantitative estimate of drug-likeness (QED) is 0.612. The van der Waals surface area contributed by atoms with Gasteiger partial charge in [0.25, 0.3) is 0 Å². The van der Waals surface area contributed by atoms with E-state index >= 15 is 0 Å². The average molecular weight is 211 g/mol. The fourth-order valence-electron chi connectivity index (χ4n) is 1.83. The molecule has 0 saturated carbocycles. The van der Waals surface area contributed by atoms with Crippen LogP contribution in [0, 0.1) is 6.92 Å². The Labute approximate surface area is 94.7 Å². The number of aldehydes is 1. The summed E-state index contributed by atoms with van der Waals surface area (Å²) >= 11 is 0.